The number of para-hydroxylation sites is 1. The summed E-state index contributed by atoms with van der Waals surface area (Å²) in [5.74, 6) is -0.575. The number of aromatic amines is 1. The normalized spacial score (nSPS) is 25.2. The number of benzene rings is 2. The Morgan fingerprint density at radius 2 is 1.82 bits per heavy atom. The lowest BCUT2D eigenvalue weighted by Gasteiger charge is -2.33. The van der Waals surface area contributed by atoms with Gasteiger partial charge in [0.2, 0.25) is 17.7 Å². The highest BCUT2D eigenvalue weighted by Crippen LogP contribution is 2.43. The Morgan fingerprint density at radius 1 is 1.03 bits per heavy atom. The highest BCUT2D eigenvalue weighted by atomic mass is 16.2. The lowest BCUT2D eigenvalue weighted by atomic mass is 9.87. The minimum absolute atomic E-state index is 0.0434. The van der Waals surface area contributed by atoms with Gasteiger partial charge in [-0.15, -0.1) is 0 Å². The van der Waals surface area contributed by atoms with Gasteiger partial charge < -0.3 is 20.5 Å². The third-order valence-electron chi connectivity index (χ3n) is 8.89. The van der Waals surface area contributed by atoms with Gasteiger partial charge in [0.15, 0.2) is 0 Å². The van der Waals surface area contributed by atoms with Crippen molar-refractivity contribution in [2.24, 2.45) is 5.92 Å². The van der Waals surface area contributed by atoms with Crippen molar-refractivity contribution in [2.75, 3.05) is 0 Å². The number of rotatable bonds is 5. The number of fused-ring (bicyclic) bond motifs is 6. The number of carbonyl (C=O) groups excluding carboxylic acids is 3. The van der Waals surface area contributed by atoms with Crippen LogP contribution in [0.4, 0.5) is 0 Å². The molecule has 0 spiro atoms. The number of hydrogen-bond acceptors (Lipinski definition) is 3. The first kappa shape index (κ1) is 24.7. The first-order chi connectivity index (χ1) is 18.5. The molecule has 3 amide bonds. The van der Waals surface area contributed by atoms with Gasteiger partial charge in [0, 0.05) is 28.9 Å². The zero-order valence-electron chi connectivity index (χ0n) is 22.1. The molecule has 3 aromatic rings. The molecule has 198 valence electrons. The van der Waals surface area contributed by atoms with Crippen molar-refractivity contribution in [2.45, 2.75) is 83.0 Å². The molecule has 1 saturated heterocycles. The van der Waals surface area contributed by atoms with E-state index >= 15 is 0 Å². The number of amides is 3. The quantitative estimate of drug-likeness (QED) is 0.471. The summed E-state index contributed by atoms with van der Waals surface area (Å²) < 4.78 is 0. The number of aryl methyl sites for hydroxylation is 1. The van der Waals surface area contributed by atoms with Gasteiger partial charge in [-0.3, -0.25) is 14.4 Å². The molecule has 38 heavy (non-hydrogen) atoms. The maximum Gasteiger partial charge on any atom is 0.246 e. The van der Waals surface area contributed by atoms with E-state index in [0.29, 0.717) is 25.7 Å². The molecule has 2 aliphatic heterocycles. The molecule has 1 aromatic heterocycles. The first-order valence-electron chi connectivity index (χ1n) is 14.1. The summed E-state index contributed by atoms with van der Waals surface area (Å²) in [7, 11) is 0. The summed E-state index contributed by atoms with van der Waals surface area (Å²) in [6, 6.07) is 14.9. The average Bonchev–Trinajstić information content (AvgIpc) is 3.51. The van der Waals surface area contributed by atoms with Gasteiger partial charge >= 0.3 is 0 Å². The van der Waals surface area contributed by atoms with Crippen LogP contribution in [0.25, 0.3) is 10.9 Å². The third kappa shape index (κ3) is 4.18. The molecule has 7 nitrogen and oxygen atoms in total. The van der Waals surface area contributed by atoms with Crippen molar-refractivity contribution in [3.05, 3.63) is 70.9 Å². The SMILES string of the molecule is CC[C@@H](C)C(=O)N[C@H]1Cc2c([nH]c3ccccc23)[C@H]2CCC(C(=O)N[C@@H]3CCCc4ccccc43)N2C1=O. The molecule has 6 rings (SSSR count). The van der Waals surface area contributed by atoms with E-state index in [2.05, 4.69) is 33.8 Å². The van der Waals surface area contributed by atoms with Crippen molar-refractivity contribution in [1.29, 1.82) is 0 Å². The predicted octanol–water partition coefficient (Wildman–Crippen LogP) is 4.48. The highest BCUT2D eigenvalue weighted by molar-refractivity contribution is 5.95. The molecule has 0 saturated carbocycles. The number of carbonyl (C=O) groups is 3. The van der Waals surface area contributed by atoms with Crippen LogP contribution in [0, 0.1) is 5.92 Å². The summed E-state index contributed by atoms with van der Waals surface area (Å²) in [5.41, 5.74) is 5.55. The van der Waals surface area contributed by atoms with Gasteiger partial charge in [0.1, 0.15) is 12.1 Å². The molecule has 1 fully saturated rings. The summed E-state index contributed by atoms with van der Waals surface area (Å²) in [4.78, 5) is 46.2. The van der Waals surface area contributed by atoms with Crippen molar-refractivity contribution in [3.63, 3.8) is 0 Å². The number of nitrogens with one attached hydrogen (secondary N) is 3. The van der Waals surface area contributed by atoms with E-state index in [1.807, 2.05) is 44.2 Å². The van der Waals surface area contributed by atoms with Gasteiger partial charge in [-0.05, 0) is 61.3 Å². The van der Waals surface area contributed by atoms with Gasteiger partial charge in [0.05, 0.1) is 12.1 Å². The summed E-state index contributed by atoms with van der Waals surface area (Å²) in [6.07, 6.45) is 5.36. The summed E-state index contributed by atoms with van der Waals surface area (Å²) >= 11 is 0. The third-order valence-corrected chi connectivity index (χ3v) is 8.89. The van der Waals surface area contributed by atoms with Crippen molar-refractivity contribution in [3.8, 4) is 0 Å². The molecule has 0 bridgehead atoms. The number of H-pyrrole nitrogens is 1. The molecule has 7 heteroatoms. The van der Waals surface area contributed by atoms with Crippen LogP contribution in [0.2, 0.25) is 0 Å². The molecular weight excluding hydrogens is 476 g/mol. The second kappa shape index (κ2) is 9.93. The van der Waals surface area contributed by atoms with Crippen LogP contribution in [-0.4, -0.2) is 39.7 Å². The molecule has 3 aliphatic rings. The second-order valence-electron chi connectivity index (χ2n) is 11.1. The van der Waals surface area contributed by atoms with Gasteiger partial charge in [-0.1, -0.05) is 56.3 Å². The van der Waals surface area contributed by atoms with Crippen LogP contribution in [0.1, 0.15) is 80.4 Å². The highest BCUT2D eigenvalue weighted by Gasteiger charge is 2.48. The van der Waals surface area contributed by atoms with Gasteiger partial charge in [-0.25, -0.2) is 0 Å². The van der Waals surface area contributed by atoms with Crippen LogP contribution in [0.5, 0.6) is 0 Å². The largest absolute Gasteiger partial charge is 0.356 e. The Morgan fingerprint density at radius 3 is 2.66 bits per heavy atom. The van der Waals surface area contributed by atoms with Crippen LogP contribution in [-0.2, 0) is 27.2 Å². The minimum atomic E-state index is -0.705. The molecule has 2 aromatic carbocycles. The Kier molecular flexibility index (Phi) is 6.46. The van der Waals surface area contributed by atoms with E-state index in [1.54, 1.807) is 4.90 Å². The van der Waals surface area contributed by atoms with Crippen LogP contribution in [0.3, 0.4) is 0 Å². The number of aromatic nitrogens is 1. The summed E-state index contributed by atoms with van der Waals surface area (Å²) in [5, 5.41) is 7.42. The van der Waals surface area contributed by atoms with E-state index in [9.17, 15) is 14.4 Å². The van der Waals surface area contributed by atoms with Crippen LogP contribution < -0.4 is 10.6 Å². The van der Waals surface area contributed by atoms with Gasteiger partial charge in [-0.2, -0.15) is 0 Å². The standard InChI is InChI=1S/C31H36N4O3/c1-3-18(2)29(36)34-25-17-22-21-12-6-7-13-24(21)32-28(22)26-15-16-27(35(26)31(25)38)30(37)33-23-14-8-10-19-9-4-5-11-20(19)23/h4-7,9,11-13,18,23,25-27,32H,3,8,10,14-17H2,1-2H3,(H,33,37)(H,34,36)/t18-,23-,25+,26-,27?/m1/s1. The monoisotopic (exact) mass is 512 g/mol. The fourth-order valence-electron chi connectivity index (χ4n) is 6.64. The maximum absolute atomic E-state index is 14.1. The lowest BCUT2D eigenvalue weighted by molar-refractivity contribution is -0.143. The zero-order chi connectivity index (χ0) is 26.4. The van der Waals surface area contributed by atoms with E-state index in [-0.39, 0.29) is 35.7 Å². The molecule has 3 heterocycles. The first-order valence-corrected chi connectivity index (χ1v) is 14.1. The average molecular weight is 513 g/mol. The van der Waals surface area contributed by atoms with Gasteiger partial charge in [0.25, 0.3) is 0 Å². The molecule has 0 radical (unpaired) electrons. The van der Waals surface area contributed by atoms with E-state index in [4.69, 9.17) is 0 Å². The summed E-state index contributed by atoms with van der Waals surface area (Å²) in [6.45, 7) is 3.85. The van der Waals surface area contributed by atoms with Crippen molar-refractivity contribution >= 4 is 28.6 Å². The van der Waals surface area contributed by atoms with Crippen molar-refractivity contribution < 1.29 is 14.4 Å². The molecule has 3 N–H and O–H groups in total. The minimum Gasteiger partial charge on any atom is -0.356 e. The fourth-order valence-corrected chi connectivity index (χ4v) is 6.64. The van der Waals surface area contributed by atoms with E-state index in [1.165, 1.54) is 11.1 Å². The lowest BCUT2D eigenvalue weighted by Crippen LogP contribution is -2.54. The second-order valence-corrected chi connectivity index (χ2v) is 11.1. The Labute approximate surface area is 223 Å². The maximum atomic E-state index is 14.1. The zero-order valence-corrected chi connectivity index (χ0v) is 22.1. The topological polar surface area (TPSA) is 94.3 Å². The van der Waals surface area contributed by atoms with Crippen molar-refractivity contribution in [1.82, 2.24) is 20.5 Å². The predicted molar refractivity (Wildman–Crippen MR) is 146 cm³/mol. The Bertz CT molecular complexity index is 1390. The fraction of sp³-hybridized carbons (Fsp3) is 0.452. The molecule has 1 aliphatic carbocycles. The Balaban J connectivity index is 1.34. The smallest absolute Gasteiger partial charge is 0.246 e. The van der Waals surface area contributed by atoms with E-state index in [0.717, 1.165) is 41.4 Å². The van der Waals surface area contributed by atoms with E-state index < -0.39 is 12.1 Å². The number of nitrogens with zero attached hydrogens (tertiary/aromatic N) is 1. The molecule has 1 unspecified atom stereocenters. The molecule has 5 atom stereocenters. The Hall–Kier alpha value is -3.61. The molecular formula is C31H36N4O3. The van der Waals surface area contributed by atoms with Crippen LogP contribution >= 0.6 is 0 Å². The number of hydrogen-bond donors (Lipinski definition) is 3. The van der Waals surface area contributed by atoms with Crippen LogP contribution in [0.15, 0.2) is 48.5 Å².